The molecule has 1 heterocycles. The van der Waals surface area contributed by atoms with E-state index in [0.717, 1.165) is 0 Å². The highest BCUT2D eigenvalue weighted by atomic mass is 16.4. The Morgan fingerprint density at radius 1 is 1.33 bits per heavy atom. The molecule has 7 nitrogen and oxygen atoms in total. The van der Waals surface area contributed by atoms with Gasteiger partial charge in [-0.2, -0.15) is 0 Å². The maximum atomic E-state index is 11.9. The number of amides is 3. The normalized spacial score (nSPS) is 17.7. The molecule has 1 saturated heterocycles. The van der Waals surface area contributed by atoms with Gasteiger partial charge in [-0.25, -0.2) is 4.79 Å². The summed E-state index contributed by atoms with van der Waals surface area (Å²) in [4.78, 5) is 33.7. The summed E-state index contributed by atoms with van der Waals surface area (Å²) in [6, 6.07) is 6.23. The molecule has 0 radical (unpaired) electrons. The Balaban J connectivity index is 1.93. The minimum Gasteiger partial charge on any atom is -0.481 e. The van der Waals surface area contributed by atoms with E-state index in [4.69, 9.17) is 5.11 Å². The number of urea groups is 1. The third-order valence-electron chi connectivity index (χ3n) is 3.21. The zero-order valence-corrected chi connectivity index (χ0v) is 11.4. The Morgan fingerprint density at radius 2 is 2.10 bits per heavy atom. The number of carboxylic acid groups (broad SMARTS) is 1. The Morgan fingerprint density at radius 3 is 2.76 bits per heavy atom. The van der Waals surface area contributed by atoms with E-state index in [1.807, 2.05) is 0 Å². The highest BCUT2D eigenvalue weighted by molar-refractivity contribution is 5.91. The zero-order chi connectivity index (χ0) is 15.2. The lowest BCUT2D eigenvalue weighted by atomic mass is 10.1. The minimum absolute atomic E-state index is 0.0136. The van der Waals surface area contributed by atoms with Crippen molar-refractivity contribution in [1.82, 2.24) is 10.6 Å². The van der Waals surface area contributed by atoms with Crippen LogP contribution in [0.25, 0.3) is 0 Å². The van der Waals surface area contributed by atoms with Crippen LogP contribution in [0.4, 0.5) is 10.5 Å². The monoisotopic (exact) mass is 291 g/mol. The van der Waals surface area contributed by atoms with E-state index in [0.29, 0.717) is 30.6 Å². The van der Waals surface area contributed by atoms with Gasteiger partial charge in [-0.15, -0.1) is 0 Å². The molecule has 0 aliphatic carbocycles. The first-order valence-electron chi connectivity index (χ1n) is 6.68. The second-order valence-corrected chi connectivity index (χ2v) is 4.87. The number of hydrogen-bond donors (Lipinski definition) is 4. The summed E-state index contributed by atoms with van der Waals surface area (Å²) in [5.41, 5.74) is 1.01. The highest BCUT2D eigenvalue weighted by Gasteiger charge is 2.19. The van der Waals surface area contributed by atoms with E-state index in [1.54, 1.807) is 24.3 Å². The molecule has 3 amide bonds. The van der Waals surface area contributed by atoms with Crippen molar-refractivity contribution in [3.8, 4) is 0 Å². The molecule has 21 heavy (non-hydrogen) atoms. The maximum absolute atomic E-state index is 11.9. The molecule has 0 bridgehead atoms. The lowest BCUT2D eigenvalue weighted by molar-refractivity contribution is -0.136. The average Bonchev–Trinajstić information content (AvgIpc) is 2.43. The fraction of sp³-hybridized carbons (Fsp3) is 0.357. The summed E-state index contributed by atoms with van der Waals surface area (Å²) in [5, 5.41) is 16.9. The van der Waals surface area contributed by atoms with Gasteiger partial charge in [0.1, 0.15) is 0 Å². The third-order valence-corrected chi connectivity index (χ3v) is 3.21. The molecule has 7 heteroatoms. The Hall–Kier alpha value is -2.57. The van der Waals surface area contributed by atoms with Crippen LogP contribution in [0, 0.1) is 0 Å². The van der Waals surface area contributed by atoms with Crippen LogP contribution in [0.2, 0.25) is 0 Å². The lowest BCUT2D eigenvalue weighted by Gasteiger charge is -2.23. The topological polar surface area (TPSA) is 108 Å². The molecule has 112 valence electrons. The van der Waals surface area contributed by atoms with Crippen LogP contribution in [0.1, 0.15) is 18.4 Å². The molecule has 1 aromatic carbocycles. The maximum Gasteiger partial charge on any atom is 0.319 e. The third kappa shape index (κ3) is 4.48. The summed E-state index contributed by atoms with van der Waals surface area (Å²) in [6.45, 7) is 0.406. The first-order valence-corrected chi connectivity index (χ1v) is 6.68. The molecule has 0 saturated carbocycles. The molecule has 1 unspecified atom stereocenters. The van der Waals surface area contributed by atoms with Crippen LogP contribution >= 0.6 is 0 Å². The minimum atomic E-state index is -0.959. The van der Waals surface area contributed by atoms with Gasteiger partial charge in [0.05, 0.1) is 6.42 Å². The molecule has 1 aliphatic rings. The second-order valence-electron chi connectivity index (χ2n) is 4.87. The van der Waals surface area contributed by atoms with Gasteiger partial charge in [0, 0.05) is 24.7 Å². The van der Waals surface area contributed by atoms with Gasteiger partial charge in [0.2, 0.25) is 5.91 Å². The summed E-state index contributed by atoms with van der Waals surface area (Å²) in [5.74, 6) is -0.972. The van der Waals surface area contributed by atoms with E-state index in [1.165, 1.54) is 0 Å². The molecule has 0 aromatic heterocycles. The van der Waals surface area contributed by atoms with E-state index < -0.39 is 12.0 Å². The van der Waals surface area contributed by atoms with Crippen LogP contribution in [0.5, 0.6) is 0 Å². The van der Waals surface area contributed by atoms with Crippen LogP contribution < -0.4 is 16.0 Å². The zero-order valence-electron chi connectivity index (χ0n) is 11.4. The molecule has 1 atom stereocenters. The van der Waals surface area contributed by atoms with Gasteiger partial charge >= 0.3 is 12.0 Å². The molecule has 0 spiro atoms. The van der Waals surface area contributed by atoms with Crippen molar-refractivity contribution in [3.05, 3.63) is 29.8 Å². The quantitative estimate of drug-likeness (QED) is 0.655. The van der Waals surface area contributed by atoms with Crippen molar-refractivity contribution in [2.45, 2.75) is 25.3 Å². The van der Waals surface area contributed by atoms with Crippen LogP contribution in [-0.4, -0.2) is 35.6 Å². The van der Waals surface area contributed by atoms with Gasteiger partial charge in [-0.05, 0) is 18.1 Å². The number of anilines is 1. The Bertz CT molecular complexity index is 549. The fourth-order valence-electron chi connectivity index (χ4n) is 2.16. The summed E-state index contributed by atoms with van der Waals surface area (Å²) >= 11 is 0. The first-order chi connectivity index (χ1) is 10.0. The molecule has 2 rings (SSSR count). The smallest absolute Gasteiger partial charge is 0.319 e. The summed E-state index contributed by atoms with van der Waals surface area (Å²) in [6.07, 6.45) is 0.826. The van der Waals surface area contributed by atoms with Gasteiger partial charge in [-0.1, -0.05) is 18.2 Å². The largest absolute Gasteiger partial charge is 0.481 e. The van der Waals surface area contributed by atoms with Crippen molar-refractivity contribution < 1.29 is 19.5 Å². The average molecular weight is 291 g/mol. The number of piperidine rings is 1. The second kappa shape index (κ2) is 6.74. The SMILES string of the molecule is O=C(O)Cc1ccccc1NC(=O)NC1CCC(=O)NC1. The Labute approximate surface area is 121 Å². The number of nitrogens with one attached hydrogen (secondary N) is 3. The van der Waals surface area contributed by atoms with E-state index >= 15 is 0 Å². The molecule has 4 N–H and O–H groups in total. The number of benzene rings is 1. The molecular weight excluding hydrogens is 274 g/mol. The number of hydrogen-bond acceptors (Lipinski definition) is 3. The molecular formula is C14H17N3O4. The van der Waals surface area contributed by atoms with Crippen LogP contribution in [-0.2, 0) is 16.0 Å². The van der Waals surface area contributed by atoms with Gasteiger partial charge in [0.25, 0.3) is 0 Å². The van der Waals surface area contributed by atoms with Crippen molar-refractivity contribution in [1.29, 1.82) is 0 Å². The highest BCUT2D eigenvalue weighted by Crippen LogP contribution is 2.15. The van der Waals surface area contributed by atoms with Gasteiger partial charge in [0.15, 0.2) is 0 Å². The summed E-state index contributed by atoms with van der Waals surface area (Å²) < 4.78 is 0. The van der Waals surface area contributed by atoms with E-state index in [2.05, 4.69) is 16.0 Å². The lowest BCUT2D eigenvalue weighted by Crippen LogP contribution is -2.48. The predicted octanol–water partition coefficient (Wildman–Crippen LogP) is 0.714. The van der Waals surface area contributed by atoms with Gasteiger partial charge < -0.3 is 21.1 Å². The summed E-state index contributed by atoms with van der Waals surface area (Å²) in [7, 11) is 0. The van der Waals surface area contributed by atoms with Crippen molar-refractivity contribution in [2.75, 3.05) is 11.9 Å². The van der Waals surface area contributed by atoms with E-state index in [-0.39, 0.29) is 18.4 Å². The van der Waals surface area contributed by atoms with E-state index in [9.17, 15) is 14.4 Å². The molecule has 1 aromatic rings. The number of carbonyl (C=O) groups is 3. The van der Waals surface area contributed by atoms with Crippen LogP contribution in [0.3, 0.4) is 0 Å². The number of rotatable bonds is 4. The predicted molar refractivity (Wildman–Crippen MR) is 76.0 cm³/mol. The van der Waals surface area contributed by atoms with Gasteiger partial charge in [-0.3, -0.25) is 9.59 Å². The molecule has 1 aliphatic heterocycles. The Kier molecular flexibility index (Phi) is 4.76. The molecule has 1 fully saturated rings. The van der Waals surface area contributed by atoms with Crippen molar-refractivity contribution in [3.63, 3.8) is 0 Å². The number of aliphatic carboxylic acids is 1. The van der Waals surface area contributed by atoms with Crippen LogP contribution in [0.15, 0.2) is 24.3 Å². The number of carboxylic acids is 1. The standard InChI is InChI=1S/C14H17N3O4/c18-12-6-5-10(8-15-12)16-14(21)17-11-4-2-1-3-9(11)7-13(19)20/h1-4,10H,5-8H2,(H,15,18)(H,19,20)(H2,16,17,21). The number of para-hydroxylation sites is 1. The van der Waals surface area contributed by atoms with Crippen molar-refractivity contribution >= 4 is 23.6 Å². The number of carbonyl (C=O) groups excluding carboxylic acids is 2. The van der Waals surface area contributed by atoms with Crippen molar-refractivity contribution in [2.24, 2.45) is 0 Å². The first kappa shape index (κ1) is 14.8. The fourth-order valence-corrected chi connectivity index (χ4v) is 2.16.